The number of likely N-dealkylation sites (tertiary alicyclic amines) is 1. The molecule has 0 saturated carbocycles. The second-order valence-corrected chi connectivity index (χ2v) is 5.42. The summed E-state index contributed by atoms with van der Waals surface area (Å²) >= 11 is 5.81. The number of nitrogens with two attached hydrogens (primary N) is 1. The number of hydrogen-bond donors (Lipinski definition) is 1. The van der Waals surface area contributed by atoms with Gasteiger partial charge in [0.1, 0.15) is 0 Å². The first-order chi connectivity index (χ1) is 9.49. The van der Waals surface area contributed by atoms with Crippen molar-refractivity contribution in [3.63, 3.8) is 0 Å². The summed E-state index contributed by atoms with van der Waals surface area (Å²) in [6.07, 6.45) is 2.07. The van der Waals surface area contributed by atoms with E-state index in [4.69, 9.17) is 17.3 Å². The van der Waals surface area contributed by atoms with Gasteiger partial charge in [0.25, 0.3) is 5.91 Å². The lowest BCUT2D eigenvalue weighted by Crippen LogP contribution is -2.40. The number of carbonyl (C=O) groups is 2. The monoisotopic (exact) mass is 295 g/mol. The molecular weight excluding hydrogens is 278 g/mol. The van der Waals surface area contributed by atoms with E-state index < -0.39 is 0 Å². The summed E-state index contributed by atoms with van der Waals surface area (Å²) in [4.78, 5) is 27.4. The number of anilines is 1. The summed E-state index contributed by atoms with van der Waals surface area (Å²) in [5.74, 6) is -0.294. The van der Waals surface area contributed by atoms with Gasteiger partial charge in [-0.15, -0.1) is 0 Å². The lowest BCUT2D eigenvalue weighted by Gasteiger charge is -2.22. The van der Waals surface area contributed by atoms with E-state index in [-0.39, 0.29) is 18.4 Å². The van der Waals surface area contributed by atoms with Gasteiger partial charge < -0.3 is 15.5 Å². The second kappa shape index (κ2) is 6.13. The van der Waals surface area contributed by atoms with Crippen LogP contribution in [0.4, 0.5) is 5.69 Å². The Hall–Kier alpha value is -1.75. The van der Waals surface area contributed by atoms with Crippen LogP contribution in [0.25, 0.3) is 0 Å². The van der Waals surface area contributed by atoms with Crippen molar-refractivity contribution in [2.75, 3.05) is 32.4 Å². The maximum absolute atomic E-state index is 12.3. The SMILES string of the molecule is CN(CC(=O)N1CCCC1)C(=O)c1ccc(Cl)cc1N. The van der Waals surface area contributed by atoms with E-state index in [1.165, 1.54) is 11.0 Å². The highest BCUT2D eigenvalue weighted by atomic mass is 35.5. The number of nitrogen functional groups attached to an aromatic ring is 1. The number of likely N-dealkylation sites (N-methyl/N-ethyl adjacent to an activating group) is 1. The Kier molecular flexibility index (Phi) is 4.49. The molecule has 1 heterocycles. The van der Waals surface area contributed by atoms with E-state index in [1.54, 1.807) is 24.1 Å². The largest absolute Gasteiger partial charge is 0.398 e. The fraction of sp³-hybridized carbons (Fsp3) is 0.429. The first-order valence-electron chi connectivity index (χ1n) is 6.57. The van der Waals surface area contributed by atoms with Gasteiger partial charge >= 0.3 is 0 Å². The molecular formula is C14H18ClN3O2. The van der Waals surface area contributed by atoms with Crippen LogP contribution >= 0.6 is 11.6 Å². The van der Waals surface area contributed by atoms with Gasteiger partial charge in [0, 0.05) is 30.8 Å². The van der Waals surface area contributed by atoms with Crippen LogP contribution in [0.1, 0.15) is 23.2 Å². The lowest BCUT2D eigenvalue weighted by molar-refractivity contribution is -0.130. The highest BCUT2D eigenvalue weighted by Crippen LogP contribution is 2.19. The third kappa shape index (κ3) is 3.22. The van der Waals surface area contributed by atoms with E-state index >= 15 is 0 Å². The zero-order valence-electron chi connectivity index (χ0n) is 11.4. The molecule has 0 atom stereocenters. The summed E-state index contributed by atoms with van der Waals surface area (Å²) in [6.45, 7) is 1.63. The van der Waals surface area contributed by atoms with Gasteiger partial charge in [-0.3, -0.25) is 9.59 Å². The van der Waals surface area contributed by atoms with Crippen LogP contribution in [0.3, 0.4) is 0 Å². The predicted octanol–water partition coefficient (Wildman–Crippen LogP) is 1.62. The molecule has 0 aromatic heterocycles. The van der Waals surface area contributed by atoms with Crippen LogP contribution in [-0.4, -0.2) is 48.3 Å². The number of amides is 2. The van der Waals surface area contributed by atoms with Crippen LogP contribution < -0.4 is 5.73 Å². The first kappa shape index (κ1) is 14.7. The van der Waals surface area contributed by atoms with E-state index in [9.17, 15) is 9.59 Å². The standard InChI is InChI=1S/C14H18ClN3O2/c1-17(9-13(19)18-6-2-3-7-18)14(20)11-5-4-10(15)8-12(11)16/h4-5,8H,2-3,6-7,9,16H2,1H3. The quantitative estimate of drug-likeness (QED) is 0.862. The minimum Gasteiger partial charge on any atom is -0.398 e. The van der Waals surface area contributed by atoms with Crippen molar-refractivity contribution in [1.82, 2.24) is 9.80 Å². The normalized spacial score (nSPS) is 14.4. The second-order valence-electron chi connectivity index (χ2n) is 4.98. The van der Waals surface area contributed by atoms with Gasteiger partial charge in [-0.1, -0.05) is 11.6 Å². The molecule has 1 fully saturated rings. The van der Waals surface area contributed by atoms with Gasteiger partial charge in [-0.25, -0.2) is 0 Å². The Morgan fingerprint density at radius 2 is 2.00 bits per heavy atom. The maximum atomic E-state index is 12.3. The topological polar surface area (TPSA) is 66.6 Å². The minimum atomic E-state index is -0.272. The molecule has 1 saturated heterocycles. The predicted molar refractivity (Wildman–Crippen MR) is 78.6 cm³/mol. The van der Waals surface area contributed by atoms with E-state index in [0.717, 1.165) is 25.9 Å². The van der Waals surface area contributed by atoms with Crippen LogP contribution in [0.5, 0.6) is 0 Å². The van der Waals surface area contributed by atoms with Gasteiger partial charge in [0.05, 0.1) is 12.1 Å². The Labute approximate surface area is 123 Å². The molecule has 5 nitrogen and oxygen atoms in total. The summed E-state index contributed by atoms with van der Waals surface area (Å²) in [7, 11) is 1.60. The number of nitrogens with zero attached hydrogens (tertiary/aromatic N) is 2. The number of benzene rings is 1. The van der Waals surface area contributed by atoms with Crippen LogP contribution in [0, 0.1) is 0 Å². The van der Waals surface area contributed by atoms with Gasteiger partial charge in [-0.05, 0) is 31.0 Å². The average molecular weight is 296 g/mol. The summed E-state index contributed by atoms with van der Waals surface area (Å²) < 4.78 is 0. The van der Waals surface area contributed by atoms with Gasteiger partial charge in [0.15, 0.2) is 0 Å². The number of carbonyl (C=O) groups excluding carboxylic acids is 2. The Morgan fingerprint density at radius 1 is 1.35 bits per heavy atom. The molecule has 1 aromatic carbocycles. The van der Waals surface area contributed by atoms with Crippen molar-refractivity contribution in [3.8, 4) is 0 Å². The van der Waals surface area contributed by atoms with Crippen LogP contribution in [-0.2, 0) is 4.79 Å². The van der Waals surface area contributed by atoms with Crippen molar-refractivity contribution >= 4 is 29.1 Å². The molecule has 2 N–H and O–H groups in total. The van der Waals surface area contributed by atoms with Crippen molar-refractivity contribution in [3.05, 3.63) is 28.8 Å². The lowest BCUT2D eigenvalue weighted by atomic mass is 10.1. The van der Waals surface area contributed by atoms with Gasteiger partial charge in [0.2, 0.25) is 5.91 Å². The van der Waals surface area contributed by atoms with E-state index in [0.29, 0.717) is 16.3 Å². The first-order valence-corrected chi connectivity index (χ1v) is 6.95. The minimum absolute atomic E-state index is 0.0223. The zero-order valence-corrected chi connectivity index (χ0v) is 12.2. The van der Waals surface area contributed by atoms with Crippen molar-refractivity contribution < 1.29 is 9.59 Å². The molecule has 20 heavy (non-hydrogen) atoms. The van der Waals surface area contributed by atoms with Crippen molar-refractivity contribution in [1.29, 1.82) is 0 Å². The highest BCUT2D eigenvalue weighted by molar-refractivity contribution is 6.31. The Bertz CT molecular complexity index is 527. The van der Waals surface area contributed by atoms with E-state index in [1.807, 2.05) is 0 Å². The molecule has 2 rings (SSSR count). The number of hydrogen-bond acceptors (Lipinski definition) is 3. The fourth-order valence-corrected chi connectivity index (χ4v) is 2.46. The molecule has 108 valence electrons. The number of halogens is 1. The molecule has 2 amide bonds. The summed E-state index contributed by atoms with van der Waals surface area (Å²) in [6, 6.07) is 4.73. The molecule has 1 aliphatic rings. The number of rotatable bonds is 3. The Morgan fingerprint density at radius 3 is 2.60 bits per heavy atom. The van der Waals surface area contributed by atoms with Gasteiger partial charge in [-0.2, -0.15) is 0 Å². The molecule has 1 aromatic rings. The van der Waals surface area contributed by atoms with Crippen LogP contribution in [0.15, 0.2) is 18.2 Å². The van der Waals surface area contributed by atoms with Crippen LogP contribution in [0.2, 0.25) is 5.02 Å². The average Bonchev–Trinajstić information content (AvgIpc) is 2.91. The van der Waals surface area contributed by atoms with Crippen molar-refractivity contribution in [2.24, 2.45) is 0 Å². The molecule has 1 aliphatic heterocycles. The highest BCUT2D eigenvalue weighted by Gasteiger charge is 2.22. The zero-order chi connectivity index (χ0) is 14.7. The molecule has 0 aliphatic carbocycles. The third-order valence-corrected chi connectivity index (χ3v) is 3.66. The van der Waals surface area contributed by atoms with E-state index in [2.05, 4.69) is 0 Å². The summed E-state index contributed by atoms with van der Waals surface area (Å²) in [5.41, 5.74) is 6.47. The maximum Gasteiger partial charge on any atom is 0.256 e. The third-order valence-electron chi connectivity index (χ3n) is 3.42. The smallest absolute Gasteiger partial charge is 0.256 e. The molecule has 0 bridgehead atoms. The fourth-order valence-electron chi connectivity index (χ4n) is 2.28. The Balaban J connectivity index is 2.02. The molecule has 0 radical (unpaired) electrons. The summed E-state index contributed by atoms with van der Waals surface area (Å²) in [5, 5.41) is 0.481. The molecule has 6 heteroatoms. The molecule has 0 spiro atoms. The van der Waals surface area contributed by atoms with Crippen molar-refractivity contribution in [2.45, 2.75) is 12.8 Å². The molecule has 0 unspecified atom stereocenters.